The number of amides is 3. The number of benzene rings is 1. The molecule has 0 spiro atoms. The molecule has 33 heavy (non-hydrogen) atoms. The molecular weight excluding hydrogens is 414 g/mol. The molecule has 5 aliphatic rings. The van der Waals surface area contributed by atoms with Gasteiger partial charge in [0.2, 0.25) is 11.8 Å². The molecule has 4 bridgehead atoms. The Morgan fingerprint density at radius 1 is 0.909 bits per heavy atom. The number of carbonyl (C=O) groups is 3. The molecule has 0 radical (unpaired) electrons. The highest BCUT2D eigenvalue weighted by atomic mass is 16.2. The summed E-state index contributed by atoms with van der Waals surface area (Å²) in [5, 5.41) is 9.14. The van der Waals surface area contributed by atoms with Crippen LogP contribution in [0.1, 0.15) is 87.4 Å². The van der Waals surface area contributed by atoms with Crippen molar-refractivity contribution in [3.8, 4) is 0 Å². The zero-order chi connectivity index (χ0) is 22.8. The minimum atomic E-state index is -0.136. The molecule has 5 fully saturated rings. The Hall–Kier alpha value is -2.37. The van der Waals surface area contributed by atoms with E-state index in [1.54, 1.807) is 12.1 Å². The van der Waals surface area contributed by atoms with Crippen molar-refractivity contribution in [2.45, 2.75) is 83.1 Å². The fraction of sp³-hybridized carbons (Fsp3) is 0.667. The maximum atomic E-state index is 13.0. The molecule has 6 heteroatoms. The smallest absolute Gasteiger partial charge is 0.253 e. The molecular formula is C27H37N3O3. The van der Waals surface area contributed by atoms with Gasteiger partial charge >= 0.3 is 0 Å². The topological polar surface area (TPSA) is 87.3 Å². The fourth-order valence-electron chi connectivity index (χ4n) is 7.36. The molecule has 6 nitrogen and oxygen atoms in total. The van der Waals surface area contributed by atoms with E-state index in [4.69, 9.17) is 0 Å². The molecule has 5 aliphatic carbocycles. The second kappa shape index (κ2) is 9.47. The predicted octanol–water partition coefficient (Wildman–Crippen LogP) is 4.41. The summed E-state index contributed by atoms with van der Waals surface area (Å²) >= 11 is 0. The summed E-state index contributed by atoms with van der Waals surface area (Å²) in [5.41, 5.74) is 0.922. The standard InChI is InChI=1S/C27H37N3O3/c31-24(30-23-9-4-3-8-22(23)25(32)29-21-6-1-2-7-21)10-5-11-28-26(33)27-15-18-12-19(16-27)14-20(13-18)17-27/h3-4,8-9,18-21H,1-2,5-7,10-17H2,(H,28,33)(H,29,32)(H,30,31). The second-order valence-electron chi connectivity index (χ2n) is 11.1. The van der Waals surface area contributed by atoms with Crippen LogP contribution in [-0.2, 0) is 9.59 Å². The number of nitrogens with one attached hydrogen (secondary N) is 3. The van der Waals surface area contributed by atoms with Crippen molar-refractivity contribution in [1.82, 2.24) is 10.6 Å². The average molecular weight is 452 g/mol. The van der Waals surface area contributed by atoms with Crippen molar-refractivity contribution in [2.24, 2.45) is 23.2 Å². The van der Waals surface area contributed by atoms with E-state index in [0.717, 1.165) is 62.7 Å². The Morgan fingerprint density at radius 3 is 2.21 bits per heavy atom. The first-order valence-corrected chi connectivity index (χ1v) is 13.0. The fourth-order valence-corrected chi connectivity index (χ4v) is 7.36. The van der Waals surface area contributed by atoms with E-state index in [1.165, 1.54) is 19.3 Å². The molecule has 0 aromatic heterocycles. The number of rotatable bonds is 8. The third-order valence-electron chi connectivity index (χ3n) is 8.52. The molecule has 1 aromatic rings. The van der Waals surface area contributed by atoms with Crippen LogP contribution in [-0.4, -0.2) is 30.3 Å². The Morgan fingerprint density at radius 2 is 1.55 bits per heavy atom. The first-order chi connectivity index (χ1) is 16.0. The van der Waals surface area contributed by atoms with Gasteiger partial charge in [0.15, 0.2) is 0 Å². The maximum Gasteiger partial charge on any atom is 0.253 e. The van der Waals surface area contributed by atoms with E-state index in [1.807, 2.05) is 12.1 Å². The molecule has 0 aliphatic heterocycles. The Balaban J connectivity index is 1.08. The first-order valence-electron chi connectivity index (χ1n) is 13.0. The van der Waals surface area contributed by atoms with Crippen molar-refractivity contribution in [3.05, 3.63) is 29.8 Å². The van der Waals surface area contributed by atoms with Crippen LogP contribution < -0.4 is 16.0 Å². The van der Waals surface area contributed by atoms with Gasteiger partial charge in [-0.15, -0.1) is 0 Å². The molecule has 5 saturated carbocycles. The highest BCUT2D eigenvalue weighted by molar-refractivity contribution is 6.03. The van der Waals surface area contributed by atoms with Crippen molar-refractivity contribution < 1.29 is 14.4 Å². The lowest BCUT2D eigenvalue weighted by Gasteiger charge is -2.55. The summed E-state index contributed by atoms with van der Waals surface area (Å²) in [5.74, 6) is 2.22. The minimum absolute atomic E-state index is 0.124. The van der Waals surface area contributed by atoms with Crippen LogP contribution in [0.3, 0.4) is 0 Å². The molecule has 3 N–H and O–H groups in total. The van der Waals surface area contributed by atoms with Crippen LogP contribution in [0.25, 0.3) is 0 Å². The van der Waals surface area contributed by atoms with E-state index < -0.39 is 0 Å². The zero-order valence-electron chi connectivity index (χ0n) is 19.5. The van der Waals surface area contributed by atoms with Gasteiger partial charge in [-0.25, -0.2) is 0 Å². The van der Waals surface area contributed by atoms with Gasteiger partial charge in [0.25, 0.3) is 5.91 Å². The van der Waals surface area contributed by atoms with Crippen molar-refractivity contribution in [2.75, 3.05) is 11.9 Å². The predicted molar refractivity (Wildman–Crippen MR) is 128 cm³/mol. The highest BCUT2D eigenvalue weighted by Gasteiger charge is 2.54. The third kappa shape index (κ3) is 4.95. The van der Waals surface area contributed by atoms with Gasteiger partial charge in [-0.05, 0) is 87.7 Å². The zero-order valence-corrected chi connectivity index (χ0v) is 19.5. The minimum Gasteiger partial charge on any atom is -0.356 e. The molecule has 0 unspecified atom stereocenters. The van der Waals surface area contributed by atoms with Crippen molar-refractivity contribution in [1.29, 1.82) is 0 Å². The van der Waals surface area contributed by atoms with E-state index in [2.05, 4.69) is 16.0 Å². The molecule has 0 atom stereocenters. The largest absolute Gasteiger partial charge is 0.356 e. The lowest BCUT2D eigenvalue weighted by atomic mass is 9.49. The summed E-state index contributed by atoms with van der Waals surface area (Å²) < 4.78 is 0. The molecule has 3 amide bonds. The van der Waals surface area contributed by atoms with Crippen molar-refractivity contribution >= 4 is 23.4 Å². The number of para-hydroxylation sites is 1. The van der Waals surface area contributed by atoms with Gasteiger partial charge < -0.3 is 16.0 Å². The number of hydrogen-bond donors (Lipinski definition) is 3. The maximum absolute atomic E-state index is 13.0. The van der Waals surface area contributed by atoms with E-state index in [0.29, 0.717) is 30.6 Å². The second-order valence-corrected chi connectivity index (χ2v) is 11.1. The van der Waals surface area contributed by atoms with Crippen LogP contribution >= 0.6 is 0 Å². The molecule has 0 saturated heterocycles. The van der Waals surface area contributed by atoms with Crippen LogP contribution in [0.4, 0.5) is 5.69 Å². The van der Waals surface area contributed by atoms with Crippen LogP contribution in [0.15, 0.2) is 24.3 Å². The summed E-state index contributed by atoms with van der Waals surface area (Å²) in [6.45, 7) is 0.526. The van der Waals surface area contributed by atoms with Gasteiger partial charge in [0, 0.05) is 24.4 Å². The van der Waals surface area contributed by atoms with E-state index in [9.17, 15) is 14.4 Å². The SMILES string of the molecule is O=C(CCCNC(=O)C12CC3CC(CC(C3)C1)C2)Nc1ccccc1C(=O)NC1CCCC1. The quantitative estimate of drug-likeness (QED) is 0.512. The van der Waals surface area contributed by atoms with Gasteiger partial charge in [-0.1, -0.05) is 25.0 Å². The van der Waals surface area contributed by atoms with Crippen LogP contribution in [0.2, 0.25) is 0 Å². The lowest BCUT2D eigenvalue weighted by molar-refractivity contribution is -0.146. The first kappa shape index (κ1) is 22.4. The molecule has 6 rings (SSSR count). The average Bonchev–Trinajstić information content (AvgIpc) is 3.29. The number of anilines is 1. The molecule has 1 aromatic carbocycles. The monoisotopic (exact) mass is 451 g/mol. The number of carbonyl (C=O) groups excluding carboxylic acids is 3. The van der Waals surface area contributed by atoms with Gasteiger partial charge in [-0.2, -0.15) is 0 Å². The Labute approximate surface area is 196 Å². The lowest BCUT2D eigenvalue weighted by Crippen LogP contribution is -2.53. The van der Waals surface area contributed by atoms with Crippen LogP contribution in [0, 0.1) is 23.2 Å². The normalized spacial score (nSPS) is 30.2. The van der Waals surface area contributed by atoms with E-state index >= 15 is 0 Å². The highest BCUT2D eigenvalue weighted by Crippen LogP contribution is 2.60. The summed E-state index contributed by atoms with van der Waals surface area (Å²) in [4.78, 5) is 38.3. The van der Waals surface area contributed by atoms with E-state index in [-0.39, 0.29) is 29.2 Å². The van der Waals surface area contributed by atoms with Crippen LogP contribution in [0.5, 0.6) is 0 Å². The molecule has 178 valence electrons. The third-order valence-corrected chi connectivity index (χ3v) is 8.52. The van der Waals surface area contributed by atoms with Crippen molar-refractivity contribution in [3.63, 3.8) is 0 Å². The van der Waals surface area contributed by atoms with Gasteiger partial charge in [0.05, 0.1) is 11.3 Å². The summed E-state index contributed by atoms with van der Waals surface area (Å²) in [6.07, 6.45) is 12.4. The number of hydrogen-bond acceptors (Lipinski definition) is 3. The van der Waals surface area contributed by atoms with Gasteiger partial charge in [0.1, 0.15) is 0 Å². The Bertz CT molecular complexity index is 870. The van der Waals surface area contributed by atoms with Gasteiger partial charge in [-0.3, -0.25) is 14.4 Å². The molecule has 0 heterocycles. The summed E-state index contributed by atoms with van der Waals surface area (Å²) in [6, 6.07) is 7.41. The summed E-state index contributed by atoms with van der Waals surface area (Å²) in [7, 11) is 0. The Kier molecular flexibility index (Phi) is 6.44.